The van der Waals surface area contributed by atoms with E-state index in [2.05, 4.69) is 15.2 Å². The van der Waals surface area contributed by atoms with Crippen LogP contribution < -0.4 is 15.1 Å². The van der Waals surface area contributed by atoms with Crippen molar-refractivity contribution in [1.29, 1.82) is 0 Å². The predicted octanol–water partition coefficient (Wildman–Crippen LogP) is 2.88. The van der Waals surface area contributed by atoms with E-state index in [1.54, 1.807) is 31.7 Å². The van der Waals surface area contributed by atoms with Gasteiger partial charge in [0, 0.05) is 45.4 Å². The van der Waals surface area contributed by atoms with Crippen LogP contribution in [0.5, 0.6) is 0 Å². The number of anilines is 3. The molecular formula is C22H30N4O5S. The molecule has 1 aromatic carbocycles. The van der Waals surface area contributed by atoms with Gasteiger partial charge < -0.3 is 29.3 Å². The van der Waals surface area contributed by atoms with Crippen LogP contribution in [-0.2, 0) is 14.2 Å². The summed E-state index contributed by atoms with van der Waals surface area (Å²) in [6.07, 6.45) is 2.09. The molecule has 1 saturated heterocycles. The molecule has 174 valence electrons. The molecule has 32 heavy (non-hydrogen) atoms. The van der Waals surface area contributed by atoms with E-state index in [-0.39, 0.29) is 17.6 Å². The smallest absolute Gasteiger partial charge is 0.340 e. The Balaban J connectivity index is 1.79. The van der Waals surface area contributed by atoms with Gasteiger partial charge in [-0.05, 0) is 31.0 Å². The fourth-order valence-electron chi connectivity index (χ4n) is 3.69. The highest BCUT2D eigenvalue weighted by molar-refractivity contribution is 7.13. The molecular weight excluding hydrogens is 432 g/mol. The van der Waals surface area contributed by atoms with Crippen molar-refractivity contribution in [2.75, 3.05) is 69.8 Å². The van der Waals surface area contributed by atoms with Gasteiger partial charge in [-0.3, -0.25) is 4.79 Å². The van der Waals surface area contributed by atoms with Crippen LogP contribution in [0.15, 0.2) is 23.6 Å². The third kappa shape index (κ3) is 5.56. The number of carbonyl (C=O) groups excluding carboxylic acids is 2. The third-order valence-corrected chi connectivity index (χ3v) is 6.36. The molecule has 0 radical (unpaired) electrons. The molecule has 0 saturated carbocycles. The predicted molar refractivity (Wildman–Crippen MR) is 125 cm³/mol. The quantitative estimate of drug-likeness (QED) is 0.539. The highest BCUT2D eigenvalue weighted by Gasteiger charge is 2.26. The van der Waals surface area contributed by atoms with E-state index in [1.165, 1.54) is 18.4 Å². The minimum atomic E-state index is -0.511. The first-order chi connectivity index (χ1) is 15.5. The van der Waals surface area contributed by atoms with Crippen molar-refractivity contribution in [2.45, 2.75) is 18.9 Å². The molecule has 1 aliphatic heterocycles. The Labute approximate surface area is 192 Å². The molecule has 0 aliphatic carbocycles. The number of nitrogens with one attached hydrogen (secondary N) is 1. The van der Waals surface area contributed by atoms with Crippen molar-refractivity contribution in [3.63, 3.8) is 0 Å². The van der Waals surface area contributed by atoms with Gasteiger partial charge in [-0.2, -0.15) is 0 Å². The zero-order valence-corrected chi connectivity index (χ0v) is 19.7. The summed E-state index contributed by atoms with van der Waals surface area (Å²) in [5, 5.41) is 5.22. The molecule has 1 aliphatic rings. The molecule has 9 nitrogen and oxygen atoms in total. The lowest BCUT2D eigenvalue weighted by atomic mass is 10.1. The monoisotopic (exact) mass is 462 g/mol. The molecule has 1 N–H and O–H groups in total. The van der Waals surface area contributed by atoms with Crippen LogP contribution in [0.1, 0.15) is 33.7 Å². The van der Waals surface area contributed by atoms with E-state index in [4.69, 9.17) is 14.2 Å². The standard InChI is InChI=1S/C22H30N4O5S/c1-25(10-11-29-2)22-24-19(14-32-22)20(27)23-18-8-7-15(12-17(18)21(28)31-4)26-9-5-6-16(26)13-30-3/h7-8,12,14,16H,5-6,9-11,13H2,1-4H3,(H,23,27)/t16-/m1/s1. The number of methoxy groups -OCH3 is 3. The molecule has 0 unspecified atom stereocenters. The van der Waals surface area contributed by atoms with Crippen molar-refractivity contribution in [3.8, 4) is 0 Å². The number of rotatable bonds is 10. The zero-order valence-electron chi connectivity index (χ0n) is 18.9. The number of thiazole rings is 1. The van der Waals surface area contributed by atoms with Crippen LogP contribution in [0, 0.1) is 0 Å². The Morgan fingerprint density at radius 3 is 2.81 bits per heavy atom. The largest absolute Gasteiger partial charge is 0.465 e. The Morgan fingerprint density at radius 2 is 2.09 bits per heavy atom. The van der Waals surface area contributed by atoms with E-state index in [0.29, 0.717) is 36.1 Å². The maximum absolute atomic E-state index is 12.8. The lowest BCUT2D eigenvalue weighted by molar-refractivity contribution is 0.0602. The first-order valence-electron chi connectivity index (χ1n) is 10.4. The Morgan fingerprint density at radius 1 is 1.28 bits per heavy atom. The van der Waals surface area contributed by atoms with Gasteiger partial charge in [0.25, 0.3) is 5.91 Å². The lowest BCUT2D eigenvalue weighted by Crippen LogP contribution is -2.33. The first-order valence-corrected chi connectivity index (χ1v) is 11.3. The number of hydrogen-bond donors (Lipinski definition) is 1. The van der Waals surface area contributed by atoms with Crippen molar-refractivity contribution in [2.24, 2.45) is 0 Å². The average molecular weight is 463 g/mol. The number of nitrogens with zero attached hydrogens (tertiary/aromatic N) is 3. The third-order valence-electron chi connectivity index (χ3n) is 5.41. The number of esters is 1. The maximum atomic E-state index is 12.8. The number of amides is 1. The number of hydrogen-bond acceptors (Lipinski definition) is 9. The molecule has 2 aromatic rings. The van der Waals surface area contributed by atoms with Crippen LogP contribution in [0.2, 0.25) is 0 Å². The molecule has 1 aromatic heterocycles. The lowest BCUT2D eigenvalue weighted by Gasteiger charge is -2.27. The fourth-order valence-corrected chi connectivity index (χ4v) is 4.49. The molecule has 0 bridgehead atoms. The molecule has 1 fully saturated rings. The van der Waals surface area contributed by atoms with Gasteiger partial charge in [-0.25, -0.2) is 9.78 Å². The highest BCUT2D eigenvalue weighted by Crippen LogP contribution is 2.30. The number of ether oxygens (including phenoxy) is 3. The minimum Gasteiger partial charge on any atom is -0.465 e. The van der Waals surface area contributed by atoms with Gasteiger partial charge in [0.05, 0.1) is 37.6 Å². The summed E-state index contributed by atoms with van der Waals surface area (Å²) in [5.74, 6) is -0.896. The van der Waals surface area contributed by atoms with Gasteiger partial charge in [-0.1, -0.05) is 0 Å². The normalized spacial score (nSPS) is 15.6. The second-order valence-electron chi connectivity index (χ2n) is 7.55. The molecule has 1 amide bonds. The van der Waals surface area contributed by atoms with Crippen molar-refractivity contribution in [1.82, 2.24) is 4.98 Å². The number of aromatic nitrogens is 1. The van der Waals surface area contributed by atoms with Gasteiger partial charge >= 0.3 is 5.97 Å². The summed E-state index contributed by atoms with van der Waals surface area (Å²) in [6, 6.07) is 5.66. The SMILES string of the molecule is COCCN(C)c1nc(C(=O)Nc2ccc(N3CCC[C@@H]3COC)cc2C(=O)OC)cs1. The van der Waals surface area contributed by atoms with Gasteiger partial charge in [0.2, 0.25) is 0 Å². The number of carbonyl (C=O) groups is 2. The van der Waals surface area contributed by atoms with Crippen LogP contribution in [0.25, 0.3) is 0 Å². The van der Waals surface area contributed by atoms with Crippen LogP contribution in [0.4, 0.5) is 16.5 Å². The molecule has 2 heterocycles. The summed E-state index contributed by atoms with van der Waals surface area (Å²) < 4.78 is 15.4. The van der Waals surface area contributed by atoms with Crippen molar-refractivity contribution >= 4 is 39.7 Å². The van der Waals surface area contributed by atoms with Crippen molar-refractivity contribution in [3.05, 3.63) is 34.8 Å². The molecule has 3 rings (SSSR count). The van der Waals surface area contributed by atoms with Gasteiger partial charge in [-0.15, -0.1) is 11.3 Å². The van der Waals surface area contributed by atoms with Crippen LogP contribution in [0.3, 0.4) is 0 Å². The van der Waals surface area contributed by atoms with Crippen LogP contribution in [-0.4, -0.2) is 77.6 Å². The Kier molecular flexibility index (Phi) is 8.43. The summed E-state index contributed by atoms with van der Waals surface area (Å²) in [5.41, 5.74) is 1.87. The Hall–Kier alpha value is -2.69. The maximum Gasteiger partial charge on any atom is 0.340 e. The van der Waals surface area contributed by atoms with Gasteiger partial charge in [0.15, 0.2) is 5.13 Å². The second-order valence-corrected chi connectivity index (χ2v) is 8.39. The summed E-state index contributed by atoms with van der Waals surface area (Å²) in [7, 11) is 6.55. The second kappa shape index (κ2) is 11.3. The fraction of sp³-hybridized carbons (Fsp3) is 0.500. The number of likely N-dealkylation sites (N-methyl/N-ethyl adjacent to an activating group) is 1. The Bertz CT molecular complexity index is 935. The van der Waals surface area contributed by atoms with Crippen molar-refractivity contribution < 1.29 is 23.8 Å². The summed E-state index contributed by atoms with van der Waals surface area (Å²) >= 11 is 1.37. The minimum absolute atomic E-state index is 0.259. The topological polar surface area (TPSA) is 93.2 Å². The molecule has 1 atom stereocenters. The van der Waals surface area contributed by atoms with Gasteiger partial charge in [0.1, 0.15) is 5.69 Å². The highest BCUT2D eigenvalue weighted by atomic mass is 32.1. The molecule has 10 heteroatoms. The zero-order chi connectivity index (χ0) is 23.1. The first kappa shape index (κ1) is 24.0. The van der Waals surface area contributed by atoms with E-state index in [0.717, 1.165) is 25.1 Å². The van der Waals surface area contributed by atoms with E-state index < -0.39 is 5.97 Å². The molecule has 0 spiro atoms. The van der Waals surface area contributed by atoms with E-state index in [1.807, 2.05) is 18.0 Å². The number of benzene rings is 1. The van der Waals surface area contributed by atoms with E-state index >= 15 is 0 Å². The van der Waals surface area contributed by atoms with Crippen LogP contribution >= 0.6 is 11.3 Å². The summed E-state index contributed by atoms with van der Waals surface area (Å²) in [4.78, 5) is 33.8. The van der Waals surface area contributed by atoms with E-state index in [9.17, 15) is 9.59 Å². The summed E-state index contributed by atoms with van der Waals surface area (Å²) in [6.45, 7) is 2.74. The average Bonchev–Trinajstić information content (AvgIpc) is 3.47.